The number of hydrogen-bond acceptors (Lipinski definition) is 4. The number of hydrogen-bond donors (Lipinski definition) is 1. The van der Waals surface area contributed by atoms with Gasteiger partial charge in [0, 0.05) is 5.75 Å². The lowest BCUT2D eigenvalue weighted by atomic mass is 10.0. The highest BCUT2D eigenvalue weighted by Gasteiger charge is 2.44. The van der Waals surface area contributed by atoms with E-state index in [4.69, 9.17) is 0 Å². The van der Waals surface area contributed by atoms with Crippen LogP contribution in [0.4, 0.5) is 0 Å². The number of fused-ring (bicyclic) bond motifs is 1. The molecule has 1 unspecified atom stereocenters. The van der Waals surface area contributed by atoms with Crippen molar-refractivity contribution in [3.8, 4) is 0 Å². The number of ketones is 1. The number of carbonyl (C=O) groups is 2. The first-order chi connectivity index (χ1) is 7.15. The fourth-order valence-electron chi connectivity index (χ4n) is 2.28. The van der Waals surface area contributed by atoms with Gasteiger partial charge >= 0.3 is 0 Å². The van der Waals surface area contributed by atoms with Crippen molar-refractivity contribution >= 4 is 23.5 Å². The first kappa shape index (κ1) is 11.0. The van der Waals surface area contributed by atoms with Gasteiger partial charge < -0.3 is 10.2 Å². The minimum Gasteiger partial charge on any atom is -0.318 e. The molecule has 0 radical (unpaired) electrons. The molecule has 0 aromatic heterocycles. The van der Waals surface area contributed by atoms with Gasteiger partial charge in [-0.1, -0.05) is 0 Å². The smallest absolute Gasteiger partial charge is 0.241 e. The molecule has 1 amide bonds. The topological polar surface area (TPSA) is 49.4 Å². The SMILES string of the molecule is CN[C@@H]1CCC2SC[C@H](C(C)=O)N2C1=O. The monoisotopic (exact) mass is 228 g/mol. The third-order valence-corrected chi connectivity index (χ3v) is 4.52. The number of thioether (sulfide) groups is 1. The van der Waals surface area contributed by atoms with E-state index in [9.17, 15) is 9.59 Å². The molecule has 0 spiro atoms. The standard InChI is InChI=1S/C10H16N2O2S/c1-6(13)8-5-15-9-4-3-7(11-2)10(14)12(8)9/h7-9,11H,3-5H2,1-2H3/t7-,8-,9?/m1/s1. The number of piperidine rings is 1. The Kier molecular flexibility index (Phi) is 3.02. The number of carbonyl (C=O) groups excluding carboxylic acids is 2. The molecule has 3 atom stereocenters. The first-order valence-electron chi connectivity index (χ1n) is 5.26. The molecule has 0 aliphatic carbocycles. The molecule has 2 rings (SSSR count). The number of likely N-dealkylation sites (N-methyl/N-ethyl adjacent to an activating group) is 1. The zero-order chi connectivity index (χ0) is 11.0. The van der Waals surface area contributed by atoms with Crippen molar-refractivity contribution in [2.45, 2.75) is 37.2 Å². The van der Waals surface area contributed by atoms with E-state index < -0.39 is 0 Å². The van der Waals surface area contributed by atoms with E-state index in [0.29, 0.717) is 0 Å². The van der Waals surface area contributed by atoms with Crippen LogP contribution in [-0.4, -0.2) is 46.8 Å². The van der Waals surface area contributed by atoms with Gasteiger partial charge in [-0.25, -0.2) is 0 Å². The molecule has 2 fully saturated rings. The van der Waals surface area contributed by atoms with Gasteiger partial charge in [-0.3, -0.25) is 9.59 Å². The van der Waals surface area contributed by atoms with E-state index in [0.717, 1.165) is 18.6 Å². The summed E-state index contributed by atoms with van der Waals surface area (Å²) >= 11 is 1.74. The lowest BCUT2D eigenvalue weighted by Gasteiger charge is -2.36. The summed E-state index contributed by atoms with van der Waals surface area (Å²) in [6.07, 6.45) is 1.87. The van der Waals surface area contributed by atoms with Crippen LogP contribution >= 0.6 is 11.8 Å². The van der Waals surface area contributed by atoms with Crippen molar-refractivity contribution in [3.05, 3.63) is 0 Å². The van der Waals surface area contributed by atoms with Crippen molar-refractivity contribution in [2.75, 3.05) is 12.8 Å². The minimum atomic E-state index is -0.191. The zero-order valence-electron chi connectivity index (χ0n) is 9.03. The molecule has 15 heavy (non-hydrogen) atoms. The van der Waals surface area contributed by atoms with E-state index in [-0.39, 0.29) is 29.1 Å². The summed E-state index contributed by atoms with van der Waals surface area (Å²) < 4.78 is 0. The highest BCUT2D eigenvalue weighted by atomic mass is 32.2. The van der Waals surface area contributed by atoms with Crippen LogP contribution in [0.5, 0.6) is 0 Å². The number of amides is 1. The lowest BCUT2D eigenvalue weighted by Crippen LogP contribution is -2.55. The van der Waals surface area contributed by atoms with Crippen molar-refractivity contribution in [1.29, 1.82) is 0 Å². The molecule has 0 aromatic carbocycles. The number of nitrogens with zero attached hydrogens (tertiary/aromatic N) is 1. The Hall–Kier alpha value is -0.550. The Morgan fingerprint density at radius 2 is 2.27 bits per heavy atom. The summed E-state index contributed by atoms with van der Waals surface area (Å²) in [7, 11) is 1.80. The number of nitrogens with one attached hydrogen (secondary N) is 1. The van der Waals surface area contributed by atoms with Crippen molar-refractivity contribution < 1.29 is 9.59 Å². The van der Waals surface area contributed by atoms with Crippen LogP contribution in [0.15, 0.2) is 0 Å². The molecule has 2 aliphatic heterocycles. The third-order valence-electron chi connectivity index (χ3n) is 3.17. The molecule has 4 nitrogen and oxygen atoms in total. The van der Waals surface area contributed by atoms with Gasteiger partial charge in [-0.05, 0) is 26.8 Å². The van der Waals surface area contributed by atoms with Gasteiger partial charge in [-0.2, -0.15) is 0 Å². The van der Waals surface area contributed by atoms with E-state index >= 15 is 0 Å². The maximum Gasteiger partial charge on any atom is 0.241 e. The molecular formula is C10H16N2O2S. The summed E-state index contributed by atoms with van der Waals surface area (Å²) in [6.45, 7) is 1.57. The van der Waals surface area contributed by atoms with Crippen LogP contribution < -0.4 is 5.32 Å². The van der Waals surface area contributed by atoms with Crippen LogP contribution in [0.2, 0.25) is 0 Å². The maximum atomic E-state index is 12.1. The summed E-state index contributed by atoms with van der Waals surface area (Å²) in [5.41, 5.74) is 0. The van der Waals surface area contributed by atoms with Crippen molar-refractivity contribution in [2.24, 2.45) is 0 Å². The molecule has 2 heterocycles. The van der Waals surface area contributed by atoms with Gasteiger partial charge in [0.1, 0.15) is 6.04 Å². The zero-order valence-corrected chi connectivity index (χ0v) is 9.84. The highest BCUT2D eigenvalue weighted by Crippen LogP contribution is 2.36. The van der Waals surface area contributed by atoms with E-state index in [1.807, 2.05) is 0 Å². The molecule has 2 saturated heterocycles. The predicted molar refractivity (Wildman–Crippen MR) is 59.6 cm³/mol. The number of rotatable bonds is 2. The van der Waals surface area contributed by atoms with Crippen molar-refractivity contribution in [3.63, 3.8) is 0 Å². The summed E-state index contributed by atoms with van der Waals surface area (Å²) in [5.74, 6) is 0.969. The Labute approximate surface area is 93.8 Å². The number of Topliss-reactive ketones (excluding diaryl/α,β-unsaturated/α-hetero) is 1. The van der Waals surface area contributed by atoms with Crippen LogP contribution in [0.3, 0.4) is 0 Å². The molecule has 0 saturated carbocycles. The molecule has 2 aliphatic rings. The van der Waals surface area contributed by atoms with E-state index in [1.165, 1.54) is 0 Å². The second-order valence-electron chi connectivity index (χ2n) is 4.08. The molecule has 5 heteroatoms. The van der Waals surface area contributed by atoms with Crippen molar-refractivity contribution in [1.82, 2.24) is 10.2 Å². The molecule has 0 bridgehead atoms. The highest BCUT2D eigenvalue weighted by molar-refractivity contribution is 8.00. The van der Waals surface area contributed by atoms with Gasteiger partial charge in [0.15, 0.2) is 5.78 Å². The summed E-state index contributed by atoms with van der Waals surface area (Å²) in [6, 6.07) is -0.287. The average Bonchev–Trinajstić information content (AvgIpc) is 2.63. The maximum absolute atomic E-state index is 12.1. The Morgan fingerprint density at radius 3 is 2.87 bits per heavy atom. The molecule has 84 valence electrons. The Morgan fingerprint density at radius 1 is 1.53 bits per heavy atom. The average molecular weight is 228 g/mol. The lowest BCUT2D eigenvalue weighted by molar-refractivity contribution is -0.142. The summed E-state index contributed by atoms with van der Waals surface area (Å²) in [5, 5.41) is 3.25. The fourth-order valence-corrected chi connectivity index (χ4v) is 3.79. The predicted octanol–water partition coefficient (Wildman–Crippen LogP) is 0.227. The van der Waals surface area contributed by atoms with Gasteiger partial charge in [0.05, 0.1) is 11.4 Å². The second kappa shape index (κ2) is 4.14. The quantitative estimate of drug-likeness (QED) is 0.735. The fraction of sp³-hybridized carbons (Fsp3) is 0.800. The van der Waals surface area contributed by atoms with E-state index in [2.05, 4.69) is 5.32 Å². The van der Waals surface area contributed by atoms with Gasteiger partial charge in [0.2, 0.25) is 5.91 Å². The molecular weight excluding hydrogens is 212 g/mol. The van der Waals surface area contributed by atoms with Crippen LogP contribution in [-0.2, 0) is 9.59 Å². The van der Waals surface area contributed by atoms with Gasteiger partial charge in [-0.15, -0.1) is 11.8 Å². The van der Waals surface area contributed by atoms with Crippen LogP contribution in [0, 0.1) is 0 Å². The first-order valence-corrected chi connectivity index (χ1v) is 6.31. The molecule has 1 N–H and O–H groups in total. The van der Waals surface area contributed by atoms with Gasteiger partial charge in [0.25, 0.3) is 0 Å². The van der Waals surface area contributed by atoms with E-state index in [1.54, 1.807) is 30.6 Å². The summed E-state index contributed by atoms with van der Waals surface area (Å²) in [4.78, 5) is 25.3. The minimum absolute atomic E-state index is 0.0956. The third kappa shape index (κ3) is 1.78. The normalized spacial score (nSPS) is 35.5. The van der Waals surface area contributed by atoms with Crippen LogP contribution in [0.1, 0.15) is 19.8 Å². The Balaban J connectivity index is 2.18. The Bertz CT molecular complexity index is 295. The second-order valence-corrected chi connectivity index (χ2v) is 5.29. The molecule has 0 aromatic rings. The van der Waals surface area contributed by atoms with Crippen LogP contribution in [0.25, 0.3) is 0 Å². The largest absolute Gasteiger partial charge is 0.318 e.